The van der Waals surface area contributed by atoms with Crippen molar-refractivity contribution in [2.45, 2.75) is 0 Å². The van der Waals surface area contributed by atoms with Gasteiger partial charge in [0.25, 0.3) is 0 Å². The third kappa shape index (κ3) is 4.60. The Bertz CT molecular complexity index is 769. The fraction of sp³-hybridized carbons (Fsp3) is 0.111. The lowest BCUT2D eigenvalue weighted by Crippen LogP contribution is -2.07. The molecule has 1 N–H and O–H groups in total. The van der Waals surface area contributed by atoms with Gasteiger partial charge < -0.3 is 14.8 Å². The van der Waals surface area contributed by atoms with Crippen LogP contribution in [0.1, 0.15) is 15.9 Å². The van der Waals surface area contributed by atoms with Crippen LogP contribution in [0.3, 0.4) is 0 Å². The molecule has 0 bridgehead atoms. The van der Waals surface area contributed by atoms with Crippen LogP contribution in [-0.4, -0.2) is 26.1 Å². The zero-order valence-corrected chi connectivity index (χ0v) is 14.0. The molecular weight excluding hydrogens is 330 g/mol. The average Bonchev–Trinajstić information content (AvgIpc) is 2.60. The lowest BCUT2D eigenvalue weighted by atomic mass is 10.1. The standard InChI is InChI=1S/C18H16ClNO4/c1-23-16-9-8-14(11-15(16)19)20-17(21)10-5-12-3-6-13(7-4-12)18(22)24-2/h3-11H,1-2H3,(H,20,21)/b10-5+. The van der Waals surface area contributed by atoms with E-state index in [0.717, 1.165) is 5.56 Å². The third-order valence-electron chi connectivity index (χ3n) is 3.18. The summed E-state index contributed by atoms with van der Waals surface area (Å²) >= 11 is 6.01. The molecule has 0 unspecified atom stereocenters. The summed E-state index contributed by atoms with van der Waals surface area (Å²) in [7, 11) is 2.85. The highest BCUT2D eigenvalue weighted by Crippen LogP contribution is 2.27. The van der Waals surface area contributed by atoms with Gasteiger partial charge in [-0.25, -0.2) is 4.79 Å². The second kappa shape index (κ2) is 8.17. The van der Waals surface area contributed by atoms with Gasteiger partial charge in [0.05, 0.1) is 24.8 Å². The summed E-state index contributed by atoms with van der Waals surface area (Å²) in [4.78, 5) is 23.3. The Balaban J connectivity index is 2.00. The van der Waals surface area contributed by atoms with Crippen molar-refractivity contribution in [2.24, 2.45) is 0 Å². The molecule has 0 atom stereocenters. The molecule has 0 aliphatic carbocycles. The monoisotopic (exact) mass is 345 g/mol. The molecule has 2 rings (SSSR count). The number of carbonyl (C=O) groups is 2. The first-order valence-electron chi connectivity index (χ1n) is 7.04. The number of amides is 1. The first kappa shape index (κ1) is 17.6. The van der Waals surface area contributed by atoms with Crippen molar-refractivity contribution in [3.63, 3.8) is 0 Å². The Labute approximate surface area is 144 Å². The van der Waals surface area contributed by atoms with Gasteiger partial charge in [-0.1, -0.05) is 23.7 Å². The molecule has 0 aromatic heterocycles. The largest absolute Gasteiger partial charge is 0.495 e. The van der Waals surface area contributed by atoms with E-state index >= 15 is 0 Å². The molecule has 0 heterocycles. The molecule has 0 saturated heterocycles. The lowest BCUT2D eigenvalue weighted by Gasteiger charge is -2.06. The minimum atomic E-state index is -0.403. The van der Waals surface area contributed by atoms with Crippen LogP contribution in [0.25, 0.3) is 6.08 Å². The zero-order valence-electron chi connectivity index (χ0n) is 13.2. The number of hydrogen-bond acceptors (Lipinski definition) is 4. The molecule has 0 radical (unpaired) electrons. The number of benzene rings is 2. The summed E-state index contributed by atoms with van der Waals surface area (Å²) < 4.78 is 9.68. The highest BCUT2D eigenvalue weighted by Gasteiger charge is 2.05. The molecular formula is C18H16ClNO4. The molecule has 0 saturated carbocycles. The number of hydrogen-bond donors (Lipinski definition) is 1. The average molecular weight is 346 g/mol. The van der Waals surface area contributed by atoms with Crippen molar-refractivity contribution >= 4 is 35.2 Å². The van der Waals surface area contributed by atoms with Crippen molar-refractivity contribution < 1.29 is 19.1 Å². The SMILES string of the molecule is COC(=O)c1ccc(/C=C/C(=O)Nc2ccc(OC)c(Cl)c2)cc1. The second-order valence-electron chi connectivity index (χ2n) is 4.79. The third-order valence-corrected chi connectivity index (χ3v) is 3.47. The van der Waals surface area contributed by atoms with Crippen LogP contribution in [0.4, 0.5) is 5.69 Å². The van der Waals surface area contributed by atoms with Crippen molar-refractivity contribution in [1.29, 1.82) is 0 Å². The van der Waals surface area contributed by atoms with Gasteiger partial charge in [-0.3, -0.25) is 4.79 Å². The van der Waals surface area contributed by atoms with Crippen LogP contribution in [0, 0.1) is 0 Å². The Morgan fingerprint density at radius 1 is 1.08 bits per heavy atom. The maximum atomic E-state index is 11.9. The van der Waals surface area contributed by atoms with E-state index in [1.165, 1.54) is 20.3 Å². The molecule has 2 aromatic carbocycles. The highest BCUT2D eigenvalue weighted by molar-refractivity contribution is 6.32. The Hall–Kier alpha value is -2.79. The predicted molar refractivity (Wildman–Crippen MR) is 93.4 cm³/mol. The molecule has 0 fully saturated rings. The van der Waals surface area contributed by atoms with Crippen molar-refractivity contribution in [3.05, 3.63) is 64.7 Å². The van der Waals surface area contributed by atoms with Crippen LogP contribution < -0.4 is 10.1 Å². The fourth-order valence-electron chi connectivity index (χ4n) is 1.95. The number of ether oxygens (including phenoxy) is 2. The van der Waals surface area contributed by atoms with Crippen LogP contribution in [0.15, 0.2) is 48.5 Å². The molecule has 0 aliphatic rings. The first-order chi connectivity index (χ1) is 11.5. The molecule has 24 heavy (non-hydrogen) atoms. The molecule has 0 aliphatic heterocycles. The molecule has 5 nitrogen and oxygen atoms in total. The van der Waals surface area contributed by atoms with E-state index < -0.39 is 5.97 Å². The molecule has 1 amide bonds. The van der Waals surface area contributed by atoms with Crippen molar-refractivity contribution in [1.82, 2.24) is 0 Å². The summed E-state index contributed by atoms with van der Waals surface area (Å²) in [6, 6.07) is 11.7. The van der Waals surface area contributed by atoms with E-state index in [4.69, 9.17) is 16.3 Å². The van der Waals surface area contributed by atoms with Gasteiger partial charge in [0, 0.05) is 11.8 Å². The molecule has 6 heteroatoms. The molecule has 124 valence electrons. The van der Waals surface area contributed by atoms with Gasteiger partial charge >= 0.3 is 5.97 Å². The molecule has 2 aromatic rings. The summed E-state index contributed by atoms with van der Waals surface area (Å²) in [6.45, 7) is 0. The van der Waals surface area contributed by atoms with E-state index in [0.29, 0.717) is 22.0 Å². The topological polar surface area (TPSA) is 64.6 Å². The maximum absolute atomic E-state index is 11.9. The number of methoxy groups -OCH3 is 2. The van der Waals surface area contributed by atoms with Crippen LogP contribution in [0.5, 0.6) is 5.75 Å². The number of esters is 1. The Morgan fingerprint density at radius 2 is 1.79 bits per heavy atom. The van der Waals surface area contributed by atoms with Gasteiger partial charge in [0.15, 0.2) is 0 Å². The smallest absolute Gasteiger partial charge is 0.337 e. The van der Waals surface area contributed by atoms with E-state index in [2.05, 4.69) is 10.1 Å². The quantitative estimate of drug-likeness (QED) is 0.661. The van der Waals surface area contributed by atoms with Crippen molar-refractivity contribution in [3.8, 4) is 5.75 Å². The van der Waals surface area contributed by atoms with E-state index in [-0.39, 0.29) is 5.91 Å². The fourth-order valence-corrected chi connectivity index (χ4v) is 2.21. The van der Waals surface area contributed by atoms with E-state index in [1.54, 1.807) is 48.5 Å². The highest BCUT2D eigenvalue weighted by atomic mass is 35.5. The normalized spacial score (nSPS) is 10.5. The van der Waals surface area contributed by atoms with Crippen LogP contribution >= 0.6 is 11.6 Å². The lowest BCUT2D eigenvalue weighted by molar-refractivity contribution is -0.111. The molecule has 0 spiro atoms. The summed E-state index contributed by atoms with van der Waals surface area (Å²) in [5, 5.41) is 3.12. The summed E-state index contributed by atoms with van der Waals surface area (Å²) in [5.41, 5.74) is 1.80. The van der Waals surface area contributed by atoms with Gasteiger partial charge in [-0.2, -0.15) is 0 Å². The van der Waals surface area contributed by atoms with Crippen LogP contribution in [0.2, 0.25) is 5.02 Å². The number of rotatable bonds is 5. The predicted octanol–water partition coefficient (Wildman–Crippen LogP) is 3.79. The Kier molecular flexibility index (Phi) is 5.98. The minimum Gasteiger partial charge on any atom is -0.495 e. The van der Waals surface area contributed by atoms with E-state index in [9.17, 15) is 9.59 Å². The van der Waals surface area contributed by atoms with Gasteiger partial charge in [-0.15, -0.1) is 0 Å². The van der Waals surface area contributed by atoms with Crippen molar-refractivity contribution in [2.75, 3.05) is 19.5 Å². The van der Waals surface area contributed by atoms with Crippen LogP contribution in [-0.2, 0) is 9.53 Å². The van der Waals surface area contributed by atoms with E-state index in [1.807, 2.05) is 0 Å². The van der Waals surface area contributed by atoms with Gasteiger partial charge in [-0.05, 0) is 42.0 Å². The first-order valence-corrected chi connectivity index (χ1v) is 7.42. The number of anilines is 1. The van der Waals surface area contributed by atoms with Gasteiger partial charge in [0.1, 0.15) is 5.75 Å². The van der Waals surface area contributed by atoms with Gasteiger partial charge in [0.2, 0.25) is 5.91 Å². The zero-order chi connectivity index (χ0) is 17.5. The minimum absolute atomic E-state index is 0.298. The Morgan fingerprint density at radius 3 is 2.38 bits per heavy atom. The summed E-state index contributed by atoms with van der Waals surface area (Å²) in [5.74, 6) is -0.163. The maximum Gasteiger partial charge on any atom is 0.337 e. The summed E-state index contributed by atoms with van der Waals surface area (Å²) in [6.07, 6.45) is 3.03. The number of carbonyl (C=O) groups excluding carboxylic acids is 2. The second-order valence-corrected chi connectivity index (χ2v) is 5.19. The number of nitrogens with one attached hydrogen (secondary N) is 1. The number of halogens is 1.